The van der Waals surface area contributed by atoms with Crippen molar-refractivity contribution in [2.45, 2.75) is 32.4 Å². The average Bonchev–Trinajstić information content (AvgIpc) is 3.22. The maximum atomic E-state index is 13.3. The molecule has 1 saturated heterocycles. The number of aromatic nitrogens is 1. The predicted molar refractivity (Wildman–Crippen MR) is 110 cm³/mol. The first-order valence-electron chi connectivity index (χ1n) is 9.56. The number of amides is 2. The van der Waals surface area contributed by atoms with Gasteiger partial charge in [-0.25, -0.2) is 4.79 Å². The number of halogens is 2. The van der Waals surface area contributed by atoms with Gasteiger partial charge in [0, 0.05) is 41.3 Å². The molecule has 1 aliphatic carbocycles. The van der Waals surface area contributed by atoms with Gasteiger partial charge in [-0.05, 0) is 30.5 Å². The molecular formula is C20H22Cl2N4O3. The standard InChI is InChI=1S/C20H22Cl2N4O3/c1-11-14(9-23)17(13-3-2-12(21)8-15(13)22)18-16(24-11)10-26(19(18)27)5-4-25-6-7-29-20(25)28/h2,8,13H,3-7,9-10,23H2,1H3. The molecule has 4 rings (SSSR count). The third-order valence-corrected chi connectivity index (χ3v) is 6.29. The van der Waals surface area contributed by atoms with Gasteiger partial charge in [-0.1, -0.05) is 29.3 Å². The first-order valence-corrected chi connectivity index (χ1v) is 10.3. The number of rotatable bonds is 5. The minimum atomic E-state index is -0.336. The summed E-state index contributed by atoms with van der Waals surface area (Å²) >= 11 is 12.6. The lowest BCUT2D eigenvalue weighted by Crippen LogP contribution is -2.36. The van der Waals surface area contributed by atoms with Crippen molar-refractivity contribution in [2.24, 2.45) is 5.73 Å². The van der Waals surface area contributed by atoms with Gasteiger partial charge < -0.3 is 20.3 Å². The highest BCUT2D eigenvalue weighted by Gasteiger charge is 2.37. The molecule has 2 amide bonds. The van der Waals surface area contributed by atoms with E-state index in [1.165, 1.54) is 0 Å². The quantitative estimate of drug-likeness (QED) is 0.765. The molecule has 1 fully saturated rings. The number of ether oxygens (including phenoxy) is 1. The zero-order valence-electron chi connectivity index (χ0n) is 16.1. The number of nitrogens with zero attached hydrogens (tertiary/aromatic N) is 3. The Labute approximate surface area is 179 Å². The van der Waals surface area contributed by atoms with Crippen molar-refractivity contribution in [3.63, 3.8) is 0 Å². The van der Waals surface area contributed by atoms with Crippen molar-refractivity contribution in [2.75, 3.05) is 26.2 Å². The van der Waals surface area contributed by atoms with Crippen LogP contribution in [-0.2, 0) is 17.8 Å². The van der Waals surface area contributed by atoms with Gasteiger partial charge in [0.15, 0.2) is 0 Å². The van der Waals surface area contributed by atoms with Crippen molar-refractivity contribution >= 4 is 35.2 Å². The summed E-state index contributed by atoms with van der Waals surface area (Å²) < 4.78 is 4.95. The third kappa shape index (κ3) is 3.63. The number of hydrogen-bond donors (Lipinski definition) is 1. The van der Waals surface area contributed by atoms with Crippen LogP contribution in [0.25, 0.3) is 0 Å². The topological polar surface area (TPSA) is 88.8 Å². The number of fused-ring (bicyclic) bond motifs is 1. The van der Waals surface area contributed by atoms with Gasteiger partial charge in [-0.3, -0.25) is 9.78 Å². The number of cyclic esters (lactones) is 1. The summed E-state index contributed by atoms with van der Waals surface area (Å²) in [6.45, 7) is 4.36. The van der Waals surface area contributed by atoms with Crippen molar-refractivity contribution in [3.05, 3.63) is 50.3 Å². The van der Waals surface area contributed by atoms with Crippen LogP contribution in [0.5, 0.6) is 0 Å². The Kier molecular flexibility index (Phi) is 5.55. The molecule has 1 unspecified atom stereocenters. The maximum Gasteiger partial charge on any atom is 0.409 e. The largest absolute Gasteiger partial charge is 0.448 e. The highest BCUT2D eigenvalue weighted by molar-refractivity contribution is 6.35. The van der Waals surface area contributed by atoms with Crippen LogP contribution in [0.2, 0.25) is 0 Å². The Bertz CT molecular complexity index is 944. The summed E-state index contributed by atoms with van der Waals surface area (Å²) in [5.41, 5.74) is 9.86. The van der Waals surface area contributed by atoms with E-state index in [1.807, 2.05) is 13.0 Å². The molecule has 2 aliphatic heterocycles. The molecule has 2 N–H and O–H groups in total. The van der Waals surface area contributed by atoms with E-state index in [1.54, 1.807) is 15.9 Å². The summed E-state index contributed by atoms with van der Waals surface area (Å²) in [5.74, 6) is -0.277. The van der Waals surface area contributed by atoms with E-state index in [9.17, 15) is 9.59 Å². The number of carbonyl (C=O) groups is 2. The number of aryl methyl sites for hydroxylation is 1. The molecule has 0 aromatic carbocycles. The van der Waals surface area contributed by atoms with Gasteiger partial charge in [0.05, 0.1) is 24.3 Å². The van der Waals surface area contributed by atoms with Gasteiger partial charge in [0.1, 0.15) is 6.61 Å². The van der Waals surface area contributed by atoms with Crippen molar-refractivity contribution in [1.29, 1.82) is 0 Å². The third-order valence-electron chi connectivity index (χ3n) is 5.66. The molecule has 9 heteroatoms. The Balaban J connectivity index is 1.66. The number of hydrogen-bond acceptors (Lipinski definition) is 5. The van der Waals surface area contributed by atoms with Crippen LogP contribution in [0.1, 0.15) is 45.2 Å². The fraction of sp³-hybridized carbons (Fsp3) is 0.450. The van der Waals surface area contributed by atoms with Gasteiger partial charge >= 0.3 is 6.09 Å². The predicted octanol–water partition coefficient (Wildman–Crippen LogP) is 2.99. The molecule has 7 nitrogen and oxygen atoms in total. The number of carbonyl (C=O) groups excluding carboxylic acids is 2. The van der Waals surface area contributed by atoms with E-state index in [-0.39, 0.29) is 24.5 Å². The Morgan fingerprint density at radius 2 is 2.03 bits per heavy atom. The second-order valence-corrected chi connectivity index (χ2v) is 8.22. The zero-order chi connectivity index (χ0) is 20.7. The van der Waals surface area contributed by atoms with Crippen molar-refractivity contribution < 1.29 is 14.3 Å². The van der Waals surface area contributed by atoms with Gasteiger partial charge in [0.25, 0.3) is 5.91 Å². The molecule has 1 aromatic heterocycles. The summed E-state index contributed by atoms with van der Waals surface area (Å²) in [5, 5.41) is 1.18. The summed E-state index contributed by atoms with van der Waals surface area (Å²) in [6, 6.07) is 0. The Hall–Kier alpha value is -2.09. The Morgan fingerprint density at radius 3 is 2.69 bits per heavy atom. The Morgan fingerprint density at radius 1 is 1.28 bits per heavy atom. The normalized spacial score (nSPS) is 21.3. The molecule has 3 aliphatic rings. The highest BCUT2D eigenvalue weighted by Crippen LogP contribution is 2.42. The van der Waals surface area contributed by atoms with E-state index >= 15 is 0 Å². The van der Waals surface area contributed by atoms with Crippen LogP contribution in [0.4, 0.5) is 4.79 Å². The average molecular weight is 437 g/mol. The van der Waals surface area contributed by atoms with Crippen LogP contribution >= 0.6 is 23.2 Å². The fourth-order valence-electron chi connectivity index (χ4n) is 4.17. The van der Waals surface area contributed by atoms with Crippen molar-refractivity contribution in [3.8, 4) is 0 Å². The van der Waals surface area contributed by atoms with Crippen LogP contribution in [0.15, 0.2) is 22.2 Å². The zero-order valence-corrected chi connectivity index (χ0v) is 17.6. The minimum absolute atomic E-state index is 0.102. The first-order chi connectivity index (χ1) is 13.9. The molecule has 0 radical (unpaired) electrons. The molecule has 0 spiro atoms. The highest BCUT2D eigenvalue weighted by atomic mass is 35.5. The fourth-order valence-corrected chi connectivity index (χ4v) is 4.75. The van der Waals surface area contributed by atoms with Crippen LogP contribution < -0.4 is 5.73 Å². The maximum absolute atomic E-state index is 13.3. The summed E-state index contributed by atoms with van der Waals surface area (Å²) in [6.07, 6.45) is 3.88. The number of allylic oxidation sites excluding steroid dienone is 4. The van der Waals surface area contributed by atoms with Crippen LogP contribution in [0.3, 0.4) is 0 Å². The lowest BCUT2D eigenvalue weighted by atomic mass is 9.84. The van der Waals surface area contributed by atoms with Crippen molar-refractivity contribution in [1.82, 2.24) is 14.8 Å². The second-order valence-electron chi connectivity index (χ2n) is 7.35. The summed E-state index contributed by atoms with van der Waals surface area (Å²) in [4.78, 5) is 33.0. The molecule has 0 bridgehead atoms. The number of nitrogens with two attached hydrogens (primary N) is 1. The summed E-state index contributed by atoms with van der Waals surface area (Å²) in [7, 11) is 0. The lowest BCUT2D eigenvalue weighted by molar-refractivity contribution is 0.0762. The van der Waals surface area contributed by atoms with E-state index in [4.69, 9.17) is 33.7 Å². The van der Waals surface area contributed by atoms with E-state index in [2.05, 4.69) is 4.98 Å². The van der Waals surface area contributed by atoms with Gasteiger partial charge in [-0.2, -0.15) is 0 Å². The van der Waals surface area contributed by atoms with E-state index < -0.39 is 0 Å². The molecule has 29 heavy (non-hydrogen) atoms. The lowest BCUT2D eigenvalue weighted by Gasteiger charge is -2.24. The molecule has 154 valence electrons. The first kappa shape index (κ1) is 20.2. The molecule has 3 heterocycles. The van der Waals surface area contributed by atoms with Gasteiger partial charge in [-0.15, -0.1) is 0 Å². The molecule has 1 aromatic rings. The molecular weight excluding hydrogens is 415 g/mol. The molecule has 0 saturated carbocycles. The number of pyridine rings is 1. The SMILES string of the molecule is Cc1nc2c(c(C3CC=C(Cl)C=C3Cl)c1CN)C(=O)N(CCN1CCOC1=O)C2. The van der Waals surface area contributed by atoms with Crippen LogP contribution in [0, 0.1) is 6.92 Å². The van der Waals surface area contributed by atoms with Gasteiger partial charge in [0.2, 0.25) is 0 Å². The van der Waals surface area contributed by atoms with E-state index in [0.717, 1.165) is 22.5 Å². The van der Waals surface area contributed by atoms with Crippen LogP contribution in [-0.4, -0.2) is 53.0 Å². The van der Waals surface area contributed by atoms with E-state index in [0.29, 0.717) is 54.8 Å². The second kappa shape index (κ2) is 7.97. The smallest absolute Gasteiger partial charge is 0.409 e. The minimum Gasteiger partial charge on any atom is -0.448 e. The molecule has 1 atom stereocenters. The monoisotopic (exact) mass is 436 g/mol.